The molecule has 0 aliphatic rings. The van der Waals surface area contributed by atoms with E-state index in [0.717, 1.165) is 9.91 Å². The molecule has 106 valence electrons. The van der Waals surface area contributed by atoms with Gasteiger partial charge in [0.05, 0.1) is 0 Å². The van der Waals surface area contributed by atoms with Gasteiger partial charge in [-0.25, -0.2) is 10.6 Å². The second-order valence-electron chi connectivity index (χ2n) is 4.14. The van der Waals surface area contributed by atoms with Crippen LogP contribution in [0, 0.1) is 0 Å². The molecule has 0 fully saturated rings. The molecule has 7 heteroatoms. The highest BCUT2D eigenvalue weighted by Gasteiger charge is 2.26. The van der Waals surface area contributed by atoms with Crippen molar-refractivity contribution in [2.75, 3.05) is 13.1 Å². The van der Waals surface area contributed by atoms with E-state index in [1.807, 2.05) is 0 Å². The summed E-state index contributed by atoms with van der Waals surface area (Å²) < 4.78 is 5.43. The number of nitrogens with zero attached hydrogens (tertiary/aromatic N) is 3. The zero-order chi connectivity index (χ0) is 14.7. The lowest BCUT2D eigenvalue weighted by atomic mass is 10.3. The summed E-state index contributed by atoms with van der Waals surface area (Å²) in [5, 5.41) is 1.69. The Morgan fingerprint density at radius 3 is 2.70 bits per heavy atom. The summed E-state index contributed by atoms with van der Waals surface area (Å²) in [7, 11) is 0. The van der Waals surface area contributed by atoms with Gasteiger partial charge in [0.15, 0.2) is 5.76 Å². The van der Waals surface area contributed by atoms with Gasteiger partial charge >= 0.3 is 6.03 Å². The Morgan fingerprint density at radius 1 is 1.35 bits per heavy atom. The fraction of sp³-hybridized carbons (Fsp3) is 0.308. The third-order valence-electron chi connectivity index (χ3n) is 2.91. The zero-order valence-electron chi connectivity index (χ0n) is 11.4. The number of aromatic nitrogens is 1. The Bertz CT molecular complexity index is 604. The van der Waals surface area contributed by atoms with Gasteiger partial charge in [-0.1, -0.05) is 0 Å². The fourth-order valence-electron chi connectivity index (χ4n) is 1.78. The van der Waals surface area contributed by atoms with E-state index in [9.17, 15) is 9.59 Å². The van der Waals surface area contributed by atoms with Crippen molar-refractivity contribution >= 4 is 22.9 Å². The Kier molecular flexibility index (Phi) is 3.99. The molecule has 0 spiro atoms. The topological polar surface area (TPSA) is 92.7 Å². The Hall–Kier alpha value is -2.41. The predicted molar refractivity (Wildman–Crippen MR) is 72.7 cm³/mol. The molecule has 20 heavy (non-hydrogen) atoms. The lowest BCUT2D eigenvalue weighted by molar-refractivity contribution is 0.0740. The van der Waals surface area contributed by atoms with Gasteiger partial charge in [-0.3, -0.25) is 19.7 Å². The third-order valence-corrected chi connectivity index (χ3v) is 2.91. The van der Waals surface area contributed by atoms with Crippen molar-refractivity contribution in [3.8, 4) is 0 Å². The summed E-state index contributed by atoms with van der Waals surface area (Å²) in [4.78, 5) is 29.3. The number of furan rings is 1. The maximum atomic E-state index is 12.3. The Morgan fingerprint density at radius 2 is 2.10 bits per heavy atom. The number of pyridine rings is 1. The highest BCUT2D eigenvalue weighted by atomic mass is 16.3. The number of carbonyl (C=O) groups is 2. The van der Waals surface area contributed by atoms with Crippen LogP contribution in [0.5, 0.6) is 0 Å². The van der Waals surface area contributed by atoms with Crippen LogP contribution in [0.3, 0.4) is 0 Å². The number of amides is 3. The lowest BCUT2D eigenvalue weighted by Crippen LogP contribution is -2.49. The average Bonchev–Trinajstić information content (AvgIpc) is 2.90. The molecule has 2 N–H and O–H groups in total. The number of nitrogens with two attached hydrogens (primary N) is 1. The minimum Gasteiger partial charge on any atom is -0.451 e. The average molecular weight is 276 g/mol. The van der Waals surface area contributed by atoms with Crippen LogP contribution in [-0.2, 0) is 0 Å². The summed E-state index contributed by atoms with van der Waals surface area (Å²) in [5.74, 6) is 5.11. The van der Waals surface area contributed by atoms with E-state index < -0.39 is 11.9 Å². The lowest BCUT2D eigenvalue weighted by Gasteiger charge is -2.23. The maximum absolute atomic E-state index is 12.3. The molecular weight excluding hydrogens is 260 g/mol. The zero-order valence-corrected chi connectivity index (χ0v) is 11.4. The summed E-state index contributed by atoms with van der Waals surface area (Å²) in [6.45, 7) is 3.94. The molecule has 2 rings (SSSR count). The van der Waals surface area contributed by atoms with Gasteiger partial charge in [-0.15, -0.1) is 0 Å². The Balaban J connectivity index is 2.30. The number of carbonyl (C=O) groups excluding carboxylic acids is 2. The second kappa shape index (κ2) is 5.70. The van der Waals surface area contributed by atoms with Crippen molar-refractivity contribution in [3.05, 3.63) is 30.3 Å². The fourth-order valence-corrected chi connectivity index (χ4v) is 1.78. The molecule has 0 unspecified atom stereocenters. The molecule has 0 bridgehead atoms. The van der Waals surface area contributed by atoms with E-state index in [-0.39, 0.29) is 12.3 Å². The van der Waals surface area contributed by atoms with Crippen molar-refractivity contribution in [1.82, 2.24) is 14.9 Å². The predicted octanol–water partition coefficient (Wildman–Crippen LogP) is 1.61. The van der Waals surface area contributed by atoms with Gasteiger partial charge in [0.25, 0.3) is 5.91 Å². The van der Waals surface area contributed by atoms with Gasteiger partial charge in [0.1, 0.15) is 5.58 Å². The van der Waals surface area contributed by atoms with Gasteiger partial charge < -0.3 is 4.42 Å². The number of hydrogen-bond acceptors (Lipinski definition) is 5. The molecule has 0 radical (unpaired) electrons. The van der Waals surface area contributed by atoms with E-state index in [1.165, 1.54) is 0 Å². The van der Waals surface area contributed by atoms with Crippen LogP contribution in [0.4, 0.5) is 4.79 Å². The van der Waals surface area contributed by atoms with Crippen LogP contribution in [0.2, 0.25) is 0 Å². The van der Waals surface area contributed by atoms with Gasteiger partial charge in [0.2, 0.25) is 0 Å². The van der Waals surface area contributed by atoms with E-state index in [4.69, 9.17) is 10.3 Å². The summed E-state index contributed by atoms with van der Waals surface area (Å²) in [5.41, 5.74) is 0.548. The Labute approximate surface area is 115 Å². The van der Waals surface area contributed by atoms with Crippen LogP contribution >= 0.6 is 0 Å². The van der Waals surface area contributed by atoms with Crippen LogP contribution in [0.25, 0.3) is 11.0 Å². The second-order valence-corrected chi connectivity index (χ2v) is 4.14. The van der Waals surface area contributed by atoms with E-state index in [2.05, 4.69) is 4.98 Å². The molecule has 2 aromatic heterocycles. The summed E-state index contributed by atoms with van der Waals surface area (Å²) in [6.07, 6.45) is 3.16. The highest BCUT2D eigenvalue weighted by Crippen LogP contribution is 2.19. The highest BCUT2D eigenvalue weighted by molar-refractivity contribution is 6.04. The van der Waals surface area contributed by atoms with E-state index >= 15 is 0 Å². The molecule has 3 amide bonds. The van der Waals surface area contributed by atoms with Crippen molar-refractivity contribution in [3.63, 3.8) is 0 Å². The third kappa shape index (κ3) is 2.48. The first kappa shape index (κ1) is 14.0. The normalized spacial score (nSPS) is 10.6. The van der Waals surface area contributed by atoms with Crippen LogP contribution in [-0.4, -0.2) is 39.9 Å². The number of fused-ring (bicyclic) bond motifs is 1. The maximum Gasteiger partial charge on any atom is 0.341 e. The number of hydrogen-bond donors (Lipinski definition) is 1. The first-order valence-corrected chi connectivity index (χ1v) is 6.30. The minimum absolute atomic E-state index is 0.0905. The van der Waals surface area contributed by atoms with Crippen molar-refractivity contribution in [2.24, 2.45) is 5.84 Å². The molecule has 0 saturated heterocycles. The van der Waals surface area contributed by atoms with Crippen molar-refractivity contribution in [1.29, 1.82) is 0 Å². The summed E-state index contributed by atoms with van der Waals surface area (Å²) in [6, 6.07) is 2.66. The van der Waals surface area contributed by atoms with Crippen molar-refractivity contribution < 1.29 is 14.0 Å². The minimum atomic E-state index is -0.557. The molecule has 0 aromatic carbocycles. The molecule has 0 saturated carbocycles. The molecule has 2 aromatic rings. The largest absolute Gasteiger partial charge is 0.451 e. The summed E-state index contributed by atoms with van der Waals surface area (Å²) >= 11 is 0. The molecule has 0 aliphatic carbocycles. The van der Waals surface area contributed by atoms with Crippen LogP contribution in [0.15, 0.2) is 28.9 Å². The molecule has 2 heterocycles. The molecular formula is C13H16N4O3. The van der Waals surface area contributed by atoms with Crippen LogP contribution in [0.1, 0.15) is 24.4 Å². The number of hydrazine groups is 1. The quantitative estimate of drug-likeness (QED) is 0.522. The van der Waals surface area contributed by atoms with E-state index in [1.54, 1.807) is 38.4 Å². The van der Waals surface area contributed by atoms with E-state index in [0.29, 0.717) is 17.5 Å². The smallest absolute Gasteiger partial charge is 0.341 e. The van der Waals surface area contributed by atoms with Crippen molar-refractivity contribution in [2.45, 2.75) is 13.8 Å². The number of imide groups is 1. The first-order valence-electron chi connectivity index (χ1n) is 6.30. The number of urea groups is 1. The monoisotopic (exact) mass is 276 g/mol. The van der Waals surface area contributed by atoms with Gasteiger partial charge in [0, 0.05) is 30.9 Å². The first-order chi connectivity index (χ1) is 9.58. The molecule has 0 aliphatic heterocycles. The van der Waals surface area contributed by atoms with Gasteiger partial charge in [-0.2, -0.15) is 0 Å². The van der Waals surface area contributed by atoms with Gasteiger partial charge in [-0.05, 0) is 26.0 Å². The van der Waals surface area contributed by atoms with Crippen LogP contribution < -0.4 is 5.84 Å². The SMILES string of the molecule is CCN(N)C(=O)N(CC)C(=O)c1cc2cnccc2o1. The standard InChI is InChI=1S/C13H16N4O3/c1-3-16(13(19)17(14)4-2)12(18)11-7-9-8-15-6-5-10(9)20-11/h5-8H,3-4,14H2,1-2H3. The molecule has 7 nitrogen and oxygen atoms in total. The molecule has 0 atom stereocenters. The number of rotatable bonds is 3.